The van der Waals surface area contributed by atoms with Gasteiger partial charge in [-0.1, -0.05) is 388 Å². The second-order valence-electron chi connectivity index (χ2n) is 29.8. The lowest BCUT2D eigenvalue weighted by atomic mass is 9.99. The molecule has 3 unspecified atom stereocenters. The predicted octanol–water partition coefficient (Wildman–Crippen LogP) is 24.8. The molecule has 3 N–H and O–H groups in total. The number of hydrogen-bond donors (Lipinski definition) is 3. The SMILES string of the molecule is CCCCCCCCCCCCCCCCCCCCCCCCC(=O)O[C@H](COC(=O)CCCCCCCCCCCCCCCCC)COP(=O)(O)OC[C@@H](O)COP(=O)(O)OC[C@@H](COC(=O)CCCCCCCCCCCCCC)OC(=O)CCCCCCCCCCC(C)CC. The molecule has 0 saturated heterocycles. The molecule has 600 valence electrons. The molecular formula is C82H160O17P2. The first-order valence-corrected chi connectivity index (χ1v) is 45.7. The predicted molar refractivity (Wildman–Crippen MR) is 414 cm³/mol. The van der Waals surface area contributed by atoms with Crippen LogP contribution in [0.15, 0.2) is 0 Å². The summed E-state index contributed by atoms with van der Waals surface area (Å²) in [5.74, 6) is -1.34. The van der Waals surface area contributed by atoms with E-state index in [9.17, 15) is 43.2 Å². The van der Waals surface area contributed by atoms with Gasteiger partial charge in [0.1, 0.15) is 19.3 Å². The number of carbonyl (C=O) groups is 4. The summed E-state index contributed by atoms with van der Waals surface area (Å²) in [4.78, 5) is 73.0. The van der Waals surface area contributed by atoms with E-state index in [0.717, 1.165) is 95.8 Å². The van der Waals surface area contributed by atoms with Crippen LogP contribution in [0.1, 0.15) is 439 Å². The Morgan fingerprint density at radius 1 is 0.277 bits per heavy atom. The molecule has 0 amide bonds. The number of phosphoric acid groups is 2. The van der Waals surface area contributed by atoms with E-state index in [1.807, 2.05) is 0 Å². The highest BCUT2D eigenvalue weighted by atomic mass is 31.2. The maximum Gasteiger partial charge on any atom is 0.472 e. The van der Waals surface area contributed by atoms with Gasteiger partial charge >= 0.3 is 39.5 Å². The minimum atomic E-state index is -4.96. The lowest BCUT2D eigenvalue weighted by Crippen LogP contribution is -2.30. The molecule has 0 radical (unpaired) electrons. The lowest BCUT2D eigenvalue weighted by molar-refractivity contribution is -0.161. The van der Waals surface area contributed by atoms with Gasteiger partial charge in [0.05, 0.1) is 26.4 Å². The summed E-state index contributed by atoms with van der Waals surface area (Å²) in [6.45, 7) is 7.33. The average Bonchev–Trinajstić information content (AvgIpc) is 0.982. The zero-order valence-corrected chi connectivity index (χ0v) is 67.8. The molecule has 101 heavy (non-hydrogen) atoms. The van der Waals surface area contributed by atoms with Crippen LogP contribution >= 0.6 is 15.6 Å². The van der Waals surface area contributed by atoms with Crippen LogP contribution in [0.4, 0.5) is 0 Å². The Kier molecular flexibility index (Phi) is 73.5. The van der Waals surface area contributed by atoms with Crippen LogP contribution in [-0.2, 0) is 65.4 Å². The van der Waals surface area contributed by atoms with Gasteiger partial charge in [0.25, 0.3) is 0 Å². The van der Waals surface area contributed by atoms with E-state index in [4.69, 9.17) is 37.0 Å². The highest BCUT2D eigenvalue weighted by Gasteiger charge is 2.30. The molecule has 0 bridgehead atoms. The molecule has 0 aromatic rings. The third-order valence-corrected chi connectivity index (χ3v) is 21.5. The summed E-state index contributed by atoms with van der Waals surface area (Å²) < 4.78 is 68.7. The van der Waals surface area contributed by atoms with Crippen LogP contribution in [0.2, 0.25) is 0 Å². The number of phosphoric ester groups is 2. The van der Waals surface area contributed by atoms with E-state index in [2.05, 4.69) is 34.6 Å². The Morgan fingerprint density at radius 2 is 0.475 bits per heavy atom. The maximum absolute atomic E-state index is 13.1. The van der Waals surface area contributed by atoms with E-state index in [1.165, 1.54) is 263 Å². The smallest absolute Gasteiger partial charge is 0.462 e. The second-order valence-corrected chi connectivity index (χ2v) is 32.7. The zero-order chi connectivity index (χ0) is 74.1. The molecule has 6 atom stereocenters. The molecule has 0 aromatic carbocycles. The summed E-state index contributed by atoms with van der Waals surface area (Å²) in [7, 11) is -9.92. The highest BCUT2D eigenvalue weighted by Crippen LogP contribution is 2.45. The molecule has 17 nitrogen and oxygen atoms in total. The van der Waals surface area contributed by atoms with Crippen molar-refractivity contribution in [3.05, 3.63) is 0 Å². The zero-order valence-electron chi connectivity index (χ0n) is 66.1. The topological polar surface area (TPSA) is 237 Å². The van der Waals surface area contributed by atoms with Gasteiger partial charge in [-0.05, 0) is 31.6 Å². The largest absolute Gasteiger partial charge is 0.472 e. The van der Waals surface area contributed by atoms with Crippen molar-refractivity contribution in [1.29, 1.82) is 0 Å². The molecule has 0 fully saturated rings. The van der Waals surface area contributed by atoms with Gasteiger partial charge in [-0.2, -0.15) is 0 Å². The van der Waals surface area contributed by atoms with Gasteiger partial charge in [0.15, 0.2) is 12.2 Å². The van der Waals surface area contributed by atoms with Gasteiger partial charge in [-0.15, -0.1) is 0 Å². The number of aliphatic hydroxyl groups is 1. The molecule has 0 saturated carbocycles. The third-order valence-electron chi connectivity index (χ3n) is 19.6. The van der Waals surface area contributed by atoms with Crippen LogP contribution in [0.5, 0.6) is 0 Å². The number of unbranched alkanes of at least 4 members (excludes halogenated alkanes) is 53. The van der Waals surface area contributed by atoms with Crippen molar-refractivity contribution in [3.8, 4) is 0 Å². The first-order valence-electron chi connectivity index (χ1n) is 42.7. The molecule has 0 heterocycles. The standard InChI is InChI=1S/C82H160O17P2/c1-6-10-13-16-19-22-25-28-30-31-32-33-34-35-36-38-40-43-46-52-57-62-67-81(86)98-77(71-92-80(85)66-61-56-51-45-42-39-37-29-26-23-20-17-14-11-7-2)73-96-100(88,89)94-69-76(83)70-95-101(90,91)97-74-78(99-82(87)68-63-58-53-48-47-49-54-59-64-75(5)9-4)72-93-79(84)65-60-55-50-44-41-27-24-21-18-15-12-8-3/h75-78,83H,6-74H2,1-5H3,(H,88,89)(H,90,91)/t75?,76-,77-,78-/m1/s1. The fourth-order valence-electron chi connectivity index (χ4n) is 12.7. The fourth-order valence-corrected chi connectivity index (χ4v) is 14.3. The Bertz CT molecular complexity index is 1930. The fraction of sp³-hybridized carbons (Fsp3) is 0.951. The Labute approximate surface area is 619 Å². The van der Waals surface area contributed by atoms with Crippen molar-refractivity contribution in [1.82, 2.24) is 0 Å². The van der Waals surface area contributed by atoms with Crippen LogP contribution in [0.25, 0.3) is 0 Å². The summed E-state index contributed by atoms with van der Waals surface area (Å²) in [5.41, 5.74) is 0. The van der Waals surface area contributed by atoms with Crippen molar-refractivity contribution >= 4 is 39.5 Å². The summed E-state index contributed by atoms with van der Waals surface area (Å²) in [5, 5.41) is 10.6. The van der Waals surface area contributed by atoms with Gasteiger partial charge in [0, 0.05) is 25.7 Å². The van der Waals surface area contributed by atoms with Crippen molar-refractivity contribution in [2.24, 2.45) is 5.92 Å². The minimum absolute atomic E-state index is 0.106. The first kappa shape index (κ1) is 99.1. The van der Waals surface area contributed by atoms with E-state index in [0.29, 0.717) is 25.7 Å². The number of aliphatic hydroxyl groups excluding tert-OH is 1. The van der Waals surface area contributed by atoms with E-state index in [1.54, 1.807) is 0 Å². The molecule has 19 heteroatoms. The quantitative estimate of drug-likeness (QED) is 0.0222. The summed E-state index contributed by atoms with van der Waals surface area (Å²) >= 11 is 0. The second kappa shape index (κ2) is 74.9. The van der Waals surface area contributed by atoms with Gasteiger partial charge in [-0.25, -0.2) is 9.13 Å². The van der Waals surface area contributed by atoms with Gasteiger partial charge in [-0.3, -0.25) is 37.3 Å². The molecular weight excluding hydrogens is 1320 g/mol. The first-order chi connectivity index (χ1) is 49.1. The number of esters is 4. The summed E-state index contributed by atoms with van der Waals surface area (Å²) in [6, 6.07) is 0. The highest BCUT2D eigenvalue weighted by molar-refractivity contribution is 7.47. The molecule has 0 spiro atoms. The van der Waals surface area contributed by atoms with E-state index < -0.39 is 97.5 Å². The van der Waals surface area contributed by atoms with Crippen LogP contribution in [0.3, 0.4) is 0 Å². The monoisotopic (exact) mass is 1480 g/mol. The number of ether oxygens (including phenoxy) is 4. The normalized spacial score (nSPS) is 14.1. The average molecular weight is 1480 g/mol. The number of rotatable bonds is 82. The lowest BCUT2D eigenvalue weighted by Gasteiger charge is -2.21. The van der Waals surface area contributed by atoms with Crippen molar-refractivity contribution in [3.63, 3.8) is 0 Å². The van der Waals surface area contributed by atoms with Crippen LogP contribution in [-0.4, -0.2) is 96.7 Å². The van der Waals surface area contributed by atoms with Crippen LogP contribution < -0.4 is 0 Å². The summed E-state index contributed by atoms with van der Waals surface area (Å²) in [6.07, 6.45) is 66.6. The molecule has 0 aliphatic heterocycles. The Balaban J connectivity index is 5.21. The van der Waals surface area contributed by atoms with E-state index >= 15 is 0 Å². The van der Waals surface area contributed by atoms with E-state index in [-0.39, 0.29) is 25.7 Å². The number of carbonyl (C=O) groups excluding carboxylic acids is 4. The van der Waals surface area contributed by atoms with Gasteiger partial charge < -0.3 is 33.8 Å². The Hall–Kier alpha value is -1.94. The van der Waals surface area contributed by atoms with Crippen molar-refractivity contribution in [2.45, 2.75) is 457 Å². The molecule has 0 rings (SSSR count). The minimum Gasteiger partial charge on any atom is -0.462 e. The number of hydrogen-bond acceptors (Lipinski definition) is 15. The third kappa shape index (κ3) is 74.7. The van der Waals surface area contributed by atoms with Crippen molar-refractivity contribution < 1.29 is 80.2 Å². The Morgan fingerprint density at radius 3 is 0.703 bits per heavy atom. The molecule has 0 aliphatic rings. The maximum atomic E-state index is 13.1. The van der Waals surface area contributed by atoms with Crippen LogP contribution in [0, 0.1) is 5.92 Å². The molecule has 0 aromatic heterocycles. The molecule has 0 aliphatic carbocycles. The van der Waals surface area contributed by atoms with Gasteiger partial charge in [0.2, 0.25) is 0 Å². The van der Waals surface area contributed by atoms with Crippen molar-refractivity contribution in [2.75, 3.05) is 39.6 Å².